The molecule has 2 aromatic rings. The molecule has 0 radical (unpaired) electrons. The molecule has 2 heterocycles. The number of amides is 1. The predicted octanol–water partition coefficient (Wildman–Crippen LogP) is 3.76. The summed E-state index contributed by atoms with van der Waals surface area (Å²) in [4.78, 5) is 19.6. The second-order valence-electron chi connectivity index (χ2n) is 8.50. The van der Waals surface area contributed by atoms with Gasteiger partial charge >= 0.3 is 0 Å². The van der Waals surface area contributed by atoms with Crippen molar-refractivity contribution in [3.8, 4) is 16.3 Å². The third kappa shape index (κ3) is 5.80. The topological polar surface area (TPSA) is 63.7 Å². The Hall–Kier alpha value is -1.96. The molecule has 1 aromatic heterocycles. The molecule has 7 heteroatoms. The number of nitrogens with zero attached hydrogens (tertiary/aromatic N) is 2. The van der Waals surface area contributed by atoms with Crippen molar-refractivity contribution in [2.45, 2.75) is 58.8 Å². The average Bonchev–Trinajstić information content (AvgIpc) is 3.15. The van der Waals surface area contributed by atoms with Gasteiger partial charge in [-0.2, -0.15) is 0 Å². The molecule has 6 nitrogen and oxygen atoms in total. The molecule has 2 atom stereocenters. The van der Waals surface area contributed by atoms with E-state index in [9.17, 15) is 4.79 Å². The Labute approximate surface area is 183 Å². The van der Waals surface area contributed by atoms with Crippen molar-refractivity contribution in [2.75, 3.05) is 26.2 Å². The van der Waals surface area contributed by atoms with Gasteiger partial charge in [-0.15, -0.1) is 11.3 Å². The Morgan fingerprint density at radius 2 is 2.00 bits per heavy atom. The molecule has 3 rings (SSSR count). The fourth-order valence-electron chi connectivity index (χ4n) is 3.76. The second-order valence-corrected chi connectivity index (χ2v) is 9.36. The molecular formula is C23H33N3O3S. The summed E-state index contributed by atoms with van der Waals surface area (Å²) in [5.74, 6) is 0.813. The lowest BCUT2D eigenvalue weighted by Gasteiger charge is -2.45. The van der Waals surface area contributed by atoms with Gasteiger partial charge in [0, 0.05) is 30.6 Å². The van der Waals surface area contributed by atoms with Crippen LogP contribution in [0.25, 0.3) is 10.6 Å². The molecule has 1 amide bonds. The predicted molar refractivity (Wildman–Crippen MR) is 121 cm³/mol. The van der Waals surface area contributed by atoms with Gasteiger partial charge < -0.3 is 14.8 Å². The number of aromatic nitrogens is 1. The molecule has 1 fully saturated rings. The van der Waals surface area contributed by atoms with Crippen LogP contribution >= 0.6 is 11.3 Å². The van der Waals surface area contributed by atoms with E-state index in [1.54, 1.807) is 0 Å². The number of hydrogen-bond donors (Lipinski definition) is 1. The van der Waals surface area contributed by atoms with Crippen LogP contribution in [0.15, 0.2) is 29.6 Å². The first-order chi connectivity index (χ1) is 14.3. The lowest BCUT2D eigenvalue weighted by Crippen LogP contribution is -2.58. The highest BCUT2D eigenvalue weighted by Gasteiger charge is 2.33. The zero-order valence-electron chi connectivity index (χ0n) is 18.6. The quantitative estimate of drug-likeness (QED) is 0.690. The van der Waals surface area contributed by atoms with Crippen LogP contribution < -0.4 is 10.1 Å². The van der Waals surface area contributed by atoms with Crippen LogP contribution in [0.1, 0.15) is 40.3 Å². The van der Waals surface area contributed by atoms with Crippen LogP contribution in [0.2, 0.25) is 0 Å². The summed E-state index contributed by atoms with van der Waals surface area (Å²) in [7, 11) is 0. The fourth-order valence-corrected chi connectivity index (χ4v) is 4.61. The van der Waals surface area contributed by atoms with Crippen molar-refractivity contribution in [1.82, 2.24) is 15.2 Å². The third-order valence-corrected chi connectivity index (χ3v) is 6.23. The highest BCUT2D eigenvalue weighted by Crippen LogP contribution is 2.32. The highest BCUT2D eigenvalue weighted by atomic mass is 32.1. The molecule has 1 aliphatic heterocycles. The van der Waals surface area contributed by atoms with Gasteiger partial charge in [0.15, 0.2) is 0 Å². The van der Waals surface area contributed by atoms with Crippen molar-refractivity contribution >= 4 is 17.2 Å². The molecule has 1 aromatic carbocycles. The molecule has 30 heavy (non-hydrogen) atoms. The van der Waals surface area contributed by atoms with E-state index in [1.165, 1.54) is 11.3 Å². The molecule has 0 bridgehead atoms. The fraction of sp³-hybridized carbons (Fsp3) is 0.565. The maximum absolute atomic E-state index is 12.6. The number of morpholine rings is 1. The normalized spacial score (nSPS) is 20.2. The van der Waals surface area contributed by atoms with Crippen LogP contribution in [-0.2, 0) is 16.0 Å². The van der Waals surface area contributed by atoms with Gasteiger partial charge in [-0.25, -0.2) is 4.98 Å². The van der Waals surface area contributed by atoms with Gasteiger partial charge in [0.1, 0.15) is 10.8 Å². The van der Waals surface area contributed by atoms with E-state index in [0.29, 0.717) is 13.2 Å². The average molecular weight is 432 g/mol. The zero-order chi connectivity index (χ0) is 21.7. The number of nitrogens with one attached hydrogen (secondary N) is 1. The number of hydrogen-bond acceptors (Lipinski definition) is 6. The molecule has 0 spiro atoms. The van der Waals surface area contributed by atoms with Crippen LogP contribution in [0.5, 0.6) is 5.75 Å². The largest absolute Gasteiger partial charge is 0.493 e. The Bertz CT molecular complexity index is 842. The number of benzene rings is 1. The van der Waals surface area contributed by atoms with E-state index in [0.717, 1.165) is 35.1 Å². The highest BCUT2D eigenvalue weighted by molar-refractivity contribution is 7.13. The van der Waals surface area contributed by atoms with Crippen molar-refractivity contribution in [1.29, 1.82) is 0 Å². The SMILES string of the molecule is CCOc1ccccc1-c1nc(CC(=O)NCC(C)(C)N2CC(C)OC(C)C2)cs1. The first-order valence-electron chi connectivity index (χ1n) is 10.6. The zero-order valence-corrected chi connectivity index (χ0v) is 19.4. The Morgan fingerprint density at radius 3 is 2.70 bits per heavy atom. The van der Waals surface area contributed by atoms with Gasteiger partial charge in [-0.05, 0) is 46.8 Å². The minimum Gasteiger partial charge on any atom is -0.493 e. The standard InChI is InChI=1S/C23H33N3O3S/c1-6-28-20-10-8-7-9-19(20)22-25-18(14-30-22)11-21(27)24-15-23(4,5)26-12-16(2)29-17(3)13-26/h7-10,14,16-17H,6,11-13,15H2,1-5H3,(H,24,27). The summed E-state index contributed by atoms with van der Waals surface area (Å²) in [5.41, 5.74) is 1.61. The molecule has 1 N–H and O–H groups in total. The first kappa shape index (κ1) is 22.7. The van der Waals surface area contributed by atoms with Gasteiger partial charge in [0.25, 0.3) is 0 Å². The number of carbonyl (C=O) groups is 1. The lowest BCUT2D eigenvalue weighted by atomic mass is 10.00. The van der Waals surface area contributed by atoms with Crippen LogP contribution in [0.4, 0.5) is 0 Å². The van der Waals surface area contributed by atoms with Gasteiger partial charge in [0.2, 0.25) is 5.91 Å². The number of para-hydroxylation sites is 1. The Morgan fingerprint density at radius 1 is 1.30 bits per heavy atom. The van der Waals surface area contributed by atoms with Crippen LogP contribution in [0.3, 0.4) is 0 Å². The molecule has 1 saturated heterocycles. The second kappa shape index (κ2) is 9.90. The van der Waals surface area contributed by atoms with Gasteiger partial charge in [0.05, 0.1) is 36.5 Å². The molecule has 0 aliphatic carbocycles. The summed E-state index contributed by atoms with van der Waals surface area (Å²) in [5, 5.41) is 5.92. The van der Waals surface area contributed by atoms with Gasteiger partial charge in [-0.3, -0.25) is 9.69 Å². The number of thiazole rings is 1. The third-order valence-electron chi connectivity index (χ3n) is 5.30. The van der Waals surface area contributed by atoms with E-state index < -0.39 is 0 Å². The molecular weight excluding hydrogens is 398 g/mol. The first-order valence-corrected chi connectivity index (χ1v) is 11.5. The lowest BCUT2D eigenvalue weighted by molar-refractivity contribution is -0.122. The van der Waals surface area contributed by atoms with E-state index in [4.69, 9.17) is 9.47 Å². The Kier molecular flexibility index (Phi) is 7.50. The monoisotopic (exact) mass is 431 g/mol. The van der Waals surface area contributed by atoms with Gasteiger partial charge in [-0.1, -0.05) is 12.1 Å². The number of ether oxygens (including phenoxy) is 2. The molecule has 2 unspecified atom stereocenters. The summed E-state index contributed by atoms with van der Waals surface area (Å²) >= 11 is 1.54. The molecule has 1 aliphatic rings. The van der Waals surface area contributed by atoms with E-state index in [2.05, 4.69) is 42.9 Å². The van der Waals surface area contributed by atoms with Crippen LogP contribution in [0, 0.1) is 0 Å². The van der Waals surface area contributed by atoms with Crippen molar-refractivity contribution < 1.29 is 14.3 Å². The van der Waals surface area contributed by atoms with Crippen molar-refractivity contribution in [3.05, 3.63) is 35.3 Å². The minimum atomic E-state index is -0.133. The molecule has 0 saturated carbocycles. The van der Waals surface area contributed by atoms with E-state index >= 15 is 0 Å². The van der Waals surface area contributed by atoms with E-state index in [1.807, 2.05) is 36.6 Å². The minimum absolute atomic E-state index is 0.00706. The maximum atomic E-state index is 12.6. The smallest absolute Gasteiger partial charge is 0.226 e. The summed E-state index contributed by atoms with van der Waals surface area (Å²) in [6.45, 7) is 13.5. The summed E-state index contributed by atoms with van der Waals surface area (Å²) in [6.07, 6.45) is 0.688. The van der Waals surface area contributed by atoms with Crippen LogP contribution in [-0.4, -0.2) is 59.8 Å². The number of rotatable bonds is 8. The van der Waals surface area contributed by atoms with Crippen molar-refractivity contribution in [2.24, 2.45) is 0 Å². The van der Waals surface area contributed by atoms with E-state index in [-0.39, 0.29) is 30.1 Å². The molecule has 164 valence electrons. The Balaban J connectivity index is 1.57. The summed E-state index contributed by atoms with van der Waals surface area (Å²) < 4.78 is 11.5. The van der Waals surface area contributed by atoms with Crippen molar-refractivity contribution in [3.63, 3.8) is 0 Å². The number of carbonyl (C=O) groups excluding carboxylic acids is 1. The summed E-state index contributed by atoms with van der Waals surface area (Å²) in [6, 6.07) is 7.87. The maximum Gasteiger partial charge on any atom is 0.226 e.